The fraction of sp³-hybridized carbons (Fsp3) is 0.467. The summed E-state index contributed by atoms with van der Waals surface area (Å²) in [6.45, 7) is 6.95. The highest BCUT2D eigenvalue weighted by atomic mass is 32.2. The first-order valence-corrected chi connectivity index (χ1v) is 9.78. The lowest BCUT2D eigenvalue weighted by Gasteiger charge is -2.38. The van der Waals surface area contributed by atoms with Crippen molar-refractivity contribution >= 4 is 27.7 Å². The van der Waals surface area contributed by atoms with E-state index in [1.165, 1.54) is 17.4 Å². The van der Waals surface area contributed by atoms with Crippen LogP contribution >= 0.6 is 11.3 Å². The lowest BCUT2D eigenvalue weighted by molar-refractivity contribution is 0.0462. The molecule has 0 bridgehead atoms. The maximum Gasteiger partial charge on any atom is 0.408 e. The molecule has 0 aromatic carbocycles. The number of alkyl carbamates (subject to hydrolysis) is 1. The molecule has 138 valence electrons. The molecule has 2 atom stereocenters. The van der Waals surface area contributed by atoms with Crippen molar-refractivity contribution in [2.45, 2.75) is 44.9 Å². The molecule has 1 aromatic heterocycles. The van der Waals surface area contributed by atoms with Gasteiger partial charge in [-0.3, -0.25) is 4.55 Å². The monoisotopic (exact) mass is 387 g/mol. The molecule has 25 heavy (non-hydrogen) atoms. The molecule has 10 heteroatoms. The largest absolute Gasteiger partial charge is 0.444 e. The Balaban J connectivity index is 2.46. The topological polar surface area (TPSA) is 118 Å². The van der Waals surface area contributed by atoms with E-state index in [1.54, 1.807) is 51.3 Å². The van der Waals surface area contributed by atoms with E-state index in [-0.39, 0.29) is 0 Å². The number of allylic oxidation sites excluding steroid dienone is 2. The summed E-state index contributed by atoms with van der Waals surface area (Å²) in [6, 6.07) is -0.985. The summed E-state index contributed by atoms with van der Waals surface area (Å²) in [6.07, 6.45) is 5.65. The average Bonchev–Trinajstić information content (AvgIpc) is 2.84. The molecule has 3 N–H and O–H groups in total. The maximum atomic E-state index is 12.4. The first kappa shape index (κ1) is 19.6. The quantitative estimate of drug-likeness (QED) is 0.681. The van der Waals surface area contributed by atoms with E-state index >= 15 is 0 Å². The Morgan fingerprint density at radius 3 is 2.60 bits per heavy atom. The Labute approximate surface area is 150 Å². The van der Waals surface area contributed by atoms with Crippen molar-refractivity contribution in [2.75, 3.05) is 0 Å². The minimum absolute atomic E-state index is 0.433. The first-order valence-electron chi connectivity index (χ1n) is 7.46. The maximum absolute atomic E-state index is 12.4. The zero-order chi connectivity index (χ0) is 18.9. The van der Waals surface area contributed by atoms with E-state index in [0.29, 0.717) is 5.69 Å². The molecule has 0 saturated heterocycles. The predicted octanol–water partition coefficient (Wildman–Crippen LogP) is 2.06. The molecule has 2 rings (SSSR count). The number of rotatable bonds is 4. The van der Waals surface area contributed by atoms with E-state index < -0.39 is 33.6 Å². The highest BCUT2D eigenvalue weighted by molar-refractivity contribution is 7.83. The van der Waals surface area contributed by atoms with Crippen LogP contribution in [-0.2, 0) is 20.6 Å². The van der Waals surface area contributed by atoms with Crippen LogP contribution in [0.15, 0.2) is 29.7 Å². The molecule has 0 radical (unpaired) electrons. The lowest BCUT2D eigenvalue weighted by atomic mass is 9.84. The van der Waals surface area contributed by atoms with Crippen LogP contribution in [0.2, 0.25) is 0 Å². The fourth-order valence-corrected chi connectivity index (χ4v) is 3.65. The Morgan fingerprint density at radius 1 is 1.40 bits per heavy atom. The standard InChI is InChI=1S/C15H21N3O5S2/c1-10-16-12(9-24-10)15(17-13(19)23-14(2,3)4)8-6-5-7-11(15)18-25(20,21)22/h5-9,11,18H,1-4H3,(H,17,19)(H,20,21,22). The molecule has 1 aliphatic rings. The third kappa shape index (κ3) is 5.11. The zero-order valence-electron chi connectivity index (χ0n) is 14.3. The minimum atomic E-state index is -4.52. The van der Waals surface area contributed by atoms with E-state index in [4.69, 9.17) is 4.74 Å². The van der Waals surface area contributed by atoms with Crippen LogP contribution < -0.4 is 10.0 Å². The van der Waals surface area contributed by atoms with Gasteiger partial charge in [-0.25, -0.2) is 9.78 Å². The third-order valence-corrected chi connectivity index (χ3v) is 4.62. The van der Waals surface area contributed by atoms with Gasteiger partial charge in [0.25, 0.3) is 0 Å². The third-order valence-electron chi connectivity index (χ3n) is 3.29. The molecule has 0 saturated carbocycles. The van der Waals surface area contributed by atoms with Gasteiger partial charge in [0.2, 0.25) is 0 Å². The number of carbonyl (C=O) groups is 1. The van der Waals surface area contributed by atoms with Gasteiger partial charge in [-0.2, -0.15) is 13.1 Å². The molecule has 2 unspecified atom stereocenters. The number of amides is 1. The first-order chi connectivity index (χ1) is 11.4. The van der Waals surface area contributed by atoms with Crippen LogP contribution in [0.5, 0.6) is 0 Å². The minimum Gasteiger partial charge on any atom is -0.444 e. The summed E-state index contributed by atoms with van der Waals surface area (Å²) in [5.74, 6) is 0. The summed E-state index contributed by atoms with van der Waals surface area (Å²) in [5.41, 5.74) is -1.64. The smallest absolute Gasteiger partial charge is 0.408 e. The second-order valence-corrected chi connectivity index (χ2v) is 8.81. The van der Waals surface area contributed by atoms with Crippen molar-refractivity contribution in [2.24, 2.45) is 0 Å². The Kier molecular flexibility index (Phi) is 5.38. The van der Waals surface area contributed by atoms with Gasteiger partial charge in [0.05, 0.1) is 16.7 Å². The van der Waals surface area contributed by atoms with Gasteiger partial charge < -0.3 is 10.1 Å². The van der Waals surface area contributed by atoms with Crippen LogP contribution in [0, 0.1) is 6.92 Å². The van der Waals surface area contributed by atoms with Crippen LogP contribution in [0.1, 0.15) is 31.5 Å². The normalized spacial score (nSPS) is 23.5. The summed E-state index contributed by atoms with van der Waals surface area (Å²) in [5, 5.41) is 5.16. The Bertz CT molecular complexity index is 807. The number of nitrogens with zero attached hydrogens (tertiary/aromatic N) is 1. The van der Waals surface area contributed by atoms with Crippen LogP contribution in [0.4, 0.5) is 4.79 Å². The van der Waals surface area contributed by atoms with Crippen molar-refractivity contribution in [1.82, 2.24) is 15.0 Å². The average molecular weight is 387 g/mol. The number of thiazole rings is 1. The number of hydrogen-bond donors (Lipinski definition) is 3. The highest BCUT2D eigenvalue weighted by Gasteiger charge is 2.44. The number of hydrogen-bond acceptors (Lipinski definition) is 6. The van der Waals surface area contributed by atoms with Gasteiger partial charge in [0.1, 0.15) is 11.1 Å². The summed E-state index contributed by atoms with van der Waals surface area (Å²) < 4.78 is 39.4. The number of carbonyl (C=O) groups excluding carboxylic acids is 1. The van der Waals surface area contributed by atoms with E-state index in [2.05, 4.69) is 15.0 Å². The van der Waals surface area contributed by atoms with Gasteiger partial charge >= 0.3 is 16.4 Å². The zero-order valence-corrected chi connectivity index (χ0v) is 15.9. The SMILES string of the molecule is Cc1nc(C2(NC(=O)OC(C)(C)C)C=CC=CC2NS(=O)(=O)O)cs1. The molecule has 0 aliphatic heterocycles. The second-order valence-electron chi connectivity index (χ2n) is 6.56. The van der Waals surface area contributed by atoms with Crippen molar-refractivity contribution in [3.8, 4) is 0 Å². The molecular weight excluding hydrogens is 366 g/mol. The Morgan fingerprint density at radius 2 is 2.08 bits per heavy atom. The second kappa shape index (κ2) is 6.87. The Hall–Kier alpha value is -1.75. The molecule has 8 nitrogen and oxygen atoms in total. The molecule has 0 spiro atoms. The van der Waals surface area contributed by atoms with Gasteiger partial charge in [-0.1, -0.05) is 24.3 Å². The van der Waals surface area contributed by atoms with E-state index in [1.807, 2.05) is 0 Å². The van der Waals surface area contributed by atoms with Crippen LogP contribution in [-0.4, -0.2) is 35.7 Å². The number of aromatic nitrogens is 1. The van der Waals surface area contributed by atoms with Crippen molar-refractivity contribution in [3.63, 3.8) is 0 Å². The van der Waals surface area contributed by atoms with Gasteiger partial charge in [-0.05, 0) is 27.7 Å². The van der Waals surface area contributed by atoms with Gasteiger partial charge in [0, 0.05) is 5.38 Å². The van der Waals surface area contributed by atoms with Gasteiger partial charge in [0.15, 0.2) is 0 Å². The van der Waals surface area contributed by atoms with Gasteiger partial charge in [-0.15, -0.1) is 11.3 Å². The van der Waals surface area contributed by atoms with Crippen LogP contribution in [0.3, 0.4) is 0 Å². The number of aryl methyl sites for hydroxylation is 1. The lowest BCUT2D eigenvalue weighted by Crippen LogP contribution is -2.59. The molecule has 1 amide bonds. The van der Waals surface area contributed by atoms with E-state index in [9.17, 15) is 17.8 Å². The molecule has 0 fully saturated rings. The molecule has 1 heterocycles. The predicted molar refractivity (Wildman–Crippen MR) is 94.7 cm³/mol. The molecule has 1 aromatic rings. The van der Waals surface area contributed by atoms with E-state index in [0.717, 1.165) is 5.01 Å². The summed E-state index contributed by atoms with van der Waals surface area (Å²) in [7, 11) is -4.52. The summed E-state index contributed by atoms with van der Waals surface area (Å²) >= 11 is 1.36. The number of ether oxygens (including phenoxy) is 1. The van der Waals surface area contributed by atoms with Crippen LogP contribution in [0.25, 0.3) is 0 Å². The molecule has 1 aliphatic carbocycles. The molecular formula is C15H21N3O5S2. The van der Waals surface area contributed by atoms with Crippen molar-refractivity contribution in [3.05, 3.63) is 40.4 Å². The fourth-order valence-electron chi connectivity index (χ4n) is 2.38. The summed E-state index contributed by atoms with van der Waals surface area (Å²) in [4.78, 5) is 16.8. The van der Waals surface area contributed by atoms with Crippen molar-refractivity contribution in [1.29, 1.82) is 0 Å². The highest BCUT2D eigenvalue weighted by Crippen LogP contribution is 2.32. The van der Waals surface area contributed by atoms with Crippen molar-refractivity contribution < 1.29 is 22.5 Å². The number of nitrogens with one attached hydrogen (secondary N) is 2.